The largest absolute Gasteiger partial charge is 0.484 e. The zero-order valence-corrected chi connectivity index (χ0v) is 19.9. The van der Waals surface area contributed by atoms with E-state index >= 15 is 0 Å². The normalized spacial score (nSPS) is 10.9. The van der Waals surface area contributed by atoms with Gasteiger partial charge in [-0.3, -0.25) is 4.79 Å². The topological polar surface area (TPSA) is 77.0 Å². The van der Waals surface area contributed by atoms with Crippen molar-refractivity contribution in [3.05, 3.63) is 106 Å². The number of carbonyl (C=O) groups excluding carboxylic acids is 2. The van der Waals surface area contributed by atoms with E-state index in [0.717, 1.165) is 20.8 Å². The third-order valence-electron chi connectivity index (χ3n) is 5.02. The van der Waals surface area contributed by atoms with Crippen molar-refractivity contribution >= 4 is 44.8 Å². The molecule has 0 fully saturated rings. The van der Waals surface area contributed by atoms with Crippen LogP contribution in [0.1, 0.15) is 21.5 Å². The van der Waals surface area contributed by atoms with Crippen molar-refractivity contribution in [2.45, 2.75) is 6.92 Å². The second kappa shape index (κ2) is 10.8. The van der Waals surface area contributed by atoms with Gasteiger partial charge in [-0.1, -0.05) is 64.5 Å². The van der Waals surface area contributed by atoms with Crippen LogP contribution in [0.5, 0.6) is 11.5 Å². The van der Waals surface area contributed by atoms with Crippen molar-refractivity contribution in [2.24, 2.45) is 5.10 Å². The standard InChI is InChI=1S/C27H21BrN2O4/c1-18-6-2-5-9-24(18)27(32)34-25-13-11-22(28)14-21(25)16-29-30-26(31)17-33-23-12-10-19-7-3-4-8-20(19)15-23/h2-16H,17H2,1H3,(H,30,31). The predicted molar refractivity (Wildman–Crippen MR) is 135 cm³/mol. The Bertz CT molecular complexity index is 1380. The van der Waals surface area contributed by atoms with Crippen LogP contribution in [0, 0.1) is 6.92 Å². The van der Waals surface area contributed by atoms with Crippen LogP contribution in [-0.2, 0) is 4.79 Å². The minimum absolute atomic E-state index is 0.191. The Morgan fingerprint density at radius 2 is 1.71 bits per heavy atom. The quantitative estimate of drug-likeness (QED) is 0.149. The highest BCUT2D eigenvalue weighted by Crippen LogP contribution is 2.23. The van der Waals surface area contributed by atoms with E-state index in [1.165, 1.54) is 6.21 Å². The highest BCUT2D eigenvalue weighted by Gasteiger charge is 2.13. The third kappa shape index (κ3) is 5.88. The van der Waals surface area contributed by atoms with Crippen molar-refractivity contribution < 1.29 is 19.1 Å². The number of ether oxygens (including phenoxy) is 2. The molecule has 0 aliphatic carbocycles. The Balaban J connectivity index is 1.38. The lowest BCUT2D eigenvalue weighted by Gasteiger charge is -2.09. The number of halogens is 1. The van der Waals surface area contributed by atoms with Crippen molar-refractivity contribution in [1.29, 1.82) is 0 Å². The number of hydrazone groups is 1. The zero-order chi connectivity index (χ0) is 23.9. The molecule has 0 spiro atoms. The number of rotatable bonds is 7. The van der Waals surface area contributed by atoms with Crippen molar-refractivity contribution in [3.8, 4) is 11.5 Å². The number of nitrogens with zero attached hydrogens (tertiary/aromatic N) is 1. The Morgan fingerprint density at radius 3 is 2.53 bits per heavy atom. The molecule has 4 aromatic carbocycles. The molecular formula is C27H21BrN2O4. The summed E-state index contributed by atoms with van der Waals surface area (Å²) in [6.45, 7) is 1.65. The molecule has 0 atom stereocenters. The first-order valence-corrected chi connectivity index (χ1v) is 11.3. The van der Waals surface area contributed by atoms with Crippen LogP contribution in [-0.4, -0.2) is 24.7 Å². The fourth-order valence-electron chi connectivity index (χ4n) is 3.28. The number of nitrogens with one attached hydrogen (secondary N) is 1. The van der Waals surface area contributed by atoms with Crippen LogP contribution in [0.4, 0.5) is 0 Å². The molecule has 4 rings (SSSR count). The lowest BCUT2D eigenvalue weighted by molar-refractivity contribution is -0.123. The van der Waals surface area contributed by atoms with E-state index in [1.54, 1.807) is 30.3 Å². The summed E-state index contributed by atoms with van der Waals surface area (Å²) >= 11 is 3.40. The molecule has 4 aromatic rings. The van der Waals surface area contributed by atoms with Gasteiger partial charge in [0.05, 0.1) is 11.8 Å². The highest BCUT2D eigenvalue weighted by molar-refractivity contribution is 9.10. The first-order valence-electron chi connectivity index (χ1n) is 10.5. The smallest absolute Gasteiger partial charge is 0.343 e. The first kappa shape index (κ1) is 23.2. The molecule has 0 heterocycles. The minimum Gasteiger partial charge on any atom is -0.484 e. The van der Waals surface area contributed by atoms with Crippen LogP contribution < -0.4 is 14.9 Å². The van der Waals surface area contributed by atoms with Crippen LogP contribution in [0.15, 0.2) is 94.5 Å². The minimum atomic E-state index is -0.470. The maximum atomic E-state index is 12.6. The van der Waals surface area contributed by atoms with E-state index in [4.69, 9.17) is 9.47 Å². The Hall–Kier alpha value is -3.97. The van der Waals surface area contributed by atoms with Gasteiger partial charge in [0.2, 0.25) is 0 Å². The molecule has 0 aromatic heterocycles. The van der Waals surface area contributed by atoms with Gasteiger partial charge in [-0.2, -0.15) is 5.10 Å². The molecule has 0 aliphatic heterocycles. The molecule has 7 heteroatoms. The van der Waals surface area contributed by atoms with E-state index in [9.17, 15) is 9.59 Å². The summed E-state index contributed by atoms with van der Waals surface area (Å²) in [7, 11) is 0. The number of amides is 1. The van der Waals surface area contributed by atoms with Crippen molar-refractivity contribution in [3.63, 3.8) is 0 Å². The summed E-state index contributed by atoms with van der Waals surface area (Å²) < 4.78 is 11.9. The molecule has 0 saturated heterocycles. The molecule has 0 radical (unpaired) electrons. The maximum Gasteiger partial charge on any atom is 0.343 e. The van der Waals surface area contributed by atoms with Gasteiger partial charge in [-0.15, -0.1) is 0 Å². The Labute approximate surface area is 205 Å². The van der Waals surface area contributed by atoms with Gasteiger partial charge in [0.25, 0.3) is 5.91 Å². The number of aryl methyl sites for hydroxylation is 1. The van der Waals surface area contributed by atoms with E-state index in [2.05, 4.69) is 26.5 Å². The Kier molecular flexibility index (Phi) is 7.34. The van der Waals surface area contributed by atoms with E-state index in [1.807, 2.05) is 61.5 Å². The van der Waals surface area contributed by atoms with Crippen LogP contribution in [0.3, 0.4) is 0 Å². The van der Waals surface area contributed by atoms with Crippen LogP contribution in [0.2, 0.25) is 0 Å². The summed E-state index contributed by atoms with van der Waals surface area (Å²) in [6, 6.07) is 25.9. The Morgan fingerprint density at radius 1 is 0.941 bits per heavy atom. The maximum absolute atomic E-state index is 12.6. The molecule has 0 bridgehead atoms. The van der Waals surface area contributed by atoms with E-state index in [-0.39, 0.29) is 6.61 Å². The second-order valence-corrected chi connectivity index (χ2v) is 8.39. The van der Waals surface area contributed by atoms with Gasteiger partial charge in [0.15, 0.2) is 6.61 Å². The molecular weight excluding hydrogens is 496 g/mol. The summed E-state index contributed by atoms with van der Waals surface area (Å²) in [5, 5.41) is 6.11. The number of esters is 1. The number of hydrogen-bond donors (Lipinski definition) is 1. The van der Waals surface area contributed by atoms with E-state index < -0.39 is 11.9 Å². The summed E-state index contributed by atoms with van der Waals surface area (Å²) in [4.78, 5) is 24.8. The van der Waals surface area contributed by atoms with Crippen molar-refractivity contribution in [2.75, 3.05) is 6.61 Å². The van der Waals surface area contributed by atoms with Gasteiger partial charge in [-0.25, -0.2) is 10.2 Å². The molecule has 6 nitrogen and oxygen atoms in total. The van der Waals surface area contributed by atoms with Crippen LogP contribution in [0.25, 0.3) is 10.8 Å². The van der Waals surface area contributed by atoms with Crippen LogP contribution >= 0.6 is 15.9 Å². The highest BCUT2D eigenvalue weighted by atomic mass is 79.9. The molecule has 170 valence electrons. The first-order chi connectivity index (χ1) is 16.5. The number of hydrogen-bond acceptors (Lipinski definition) is 5. The van der Waals surface area contributed by atoms with Gasteiger partial charge in [-0.05, 0) is 59.7 Å². The van der Waals surface area contributed by atoms with Gasteiger partial charge >= 0.3 is 5.97 Å². The lowest BCUT2D eigenvalue weighted by Crippen LogP contribution is -2.24. The molecule has 0 saturated carbocycles. The predicted octanol–water partition coefficient (Wildman–Crippen LogP) is 5.66. The molecule has 0 unspecified atom stereocenters. The average molecular weight is 517 g/mol. The molecule has 1 amide bonds. The molecule has 0 aliphatic rings. The average Bonchev–Trinajstić information content (AvgIpc) is 2.84. The van der Waals surface area contributed by atoms with E-state index in [0.29, 0.717) is 22.6 Å². The third-order valence-corrected chi connectivity index (χ3v) is 5.52. The summed E-state index contributed by atoms with van der Waals surface area (Å²) in [6.07, 6.45) is 1.42. The molecule has 1 N–H and O–H groups in total. The number of carbonyl (C=O) groups is 2. The lowest BCUT2D eigenvalue weighted by atomic mass is 10.1. The van der Waals surface area contributed by atoms with Gasteiger partial charge in [0, 0.05) is 10.0 Å². The number of fused-ring (bicyclic) bond motifs is 1. The fraction of sp³-hybridized carbons (Fsp3) is 0.0741. The summed E-state index contributed by atoms with van der Waals surface area (Å²) in [5.41, 5.74) is 4.25. The monoisotopic (exact) mass is 516 g/mol. The molecule has 34 heavy (non-hydrogen) atoms. The SMILES string of the molecule is Cc1ccccc1C(=O)Oc1ccc(Br)cc1C=NNC(=O)COc1ccc2ccccc2c1. The fourth-order valence-corrected chi connectivity index (χ4v) is 3.66. The zero-order valence-electron chi connectivity index (χ0n) is 18.3. The second-order valence-electron chi connectivity index (χ2n) is 7.48. The van der Waals surface area contributed by atoms with Crippen molar-refractivity contribution in [1.82, 2.24) is 5.43 Å². The number of benzene rings is 4. The summed E-state index contributed by atoms with van der Waals surface area (Å²) in [5.74, 6) is 0.0258. The van der Waals surface area contributed by atoms with Gasteiger partial charge in [0.1, 0.15) is 11.5 Å². The van der Waals surface area contributed by atoms with Gasteiger partial charge < -0.3 is 9.47 Å².